The van der Waals surface area contributed by atoms with Crippen LogP contribution in [-0.2, 0) is 9.59 Å². The molecular weight excluding hydrogens is 440 g/mol. The van der Waals surface area contributed by atoms with Crippen LogP contribution in [0, 0.1) is 0 Å². The number of methoxy groups -OCH3 is 2. The van der Waals surface area contributed by atoms with E-state index in [1.165, 1.54) is 11.8 Å². The van der Waals surface area contributed by atoms with Crippen LogP contribution in [0.15, 0.2) is 52.4 Å². The zero-order valence-electron chi connectivity index (χ0n) is 19.0. The molecule has 2 amide bonds. The second-order valence-corrected chi connectivity index (χ2v) is 9.00. The summed E-state index contributed by atoms with van der Waals surface area (Å²) in [5.41, 5.74) is 2.13. The average molecular weight is 467 g/mol. The van der Waals surface area contributed by atoms with Gasteiger partial charge in [0, 0.05) is 29.4 Å². The lowest BCUT2D eigenvalue weighted by molar-refractivity contribution is -0.124. The number of fused-ring (bicyclic) bond motifs is 3. The first-order valence-electron chi connectivity index (χ1n) is 10.8. The van der Waals surface area contributed by atoms with Crippen LogP contribution in [0.3, 0.4) is 0 Å². The van der Waals surface area contributed by atoms with Gasteiger partial charge in [-0.15, -0.1) is 0 Å². The van der Waals surface area contributed by atoms with E-state index in [0.29, 0.717) is 34.6 Å². The first-order chi connectivity index (χ1) is 15.9. The Morgan fingerprint density at radius 1 is 1.18 bits per heavy atom. The van der Waals surface area contributed by atoms with E-state index < -0.39 is 11.3 Å². The quantitative estimate of drug-likeness (QED) is 0.660. The molecule has 0 aliphatic carbocycles. The molecule has 2 aliphatic rings. The minimum Gasteiger partial charge on any atom is -0.497 e. The van der Waals surface area contributed by atoms with Crippen LogP contribution in [-0.4, -0.2) is 53.2 Å². The van der Waals surface area contributed by atoms with Crippen LogP contribution in [0.4, 0.5) is 11.4 Å². The number of ether oxygens (including phenoxy) is 2. The Morgan fingerprint density at radius 3 is 2.55 bits per heavy atom. The van der Waals surface area contributed by atoms with E-state index in [1.807, 2.05) is 31.2 Å². The largest absolute Gasteiger partial charge is 0.497 e. The van der Waals surface area contributed by atoms with E-state index in [1.54, 1.807) is 44.2 Å². The maximum absolute atomic E-state index is 13.1. The molecular formula is C24H26N4O4S. The second-order valence-electron chi connectivity index (χ2n) is 7.69. The van der Waals surface area contributed by atoms with Gasteiger partial charge in [0.25, 0.3) is 5.91 Å². The smallest absolute Gasteiger partial charge is 0.259 e. The molecule has 0 bridgehead atoms. The van der Waals surface area contributed by atoms with Crippen LogP contribution in [0.2, 0.25) is 0 Å². The van der Waals surface area contributed by atoms with Gasteiger partial charge in [0.15, 0.2) is 5.17 Å². The predicted molar refractivity (Wildman–Crippen MR) is 131 cm³/mol. The van der Waals surface area contributed by atoms with E-state index in [2.05, 4.69) is 5.32 Å². The minimum absolute atomic E-state index is 0.0993. The number of anilines is 1. The summed E-state index contributed by atoms with van der Waals surface area (Å²) in [4.78, 5) is 37.1. The van der Waals surface area contributed by atoms with Crippen LogP contribution < -0.4 is 14.8 Å². The van der Waals surface area contributed by atoms with E-state index in [4.69, 9.17) is 19.5 Å². The molecule has 2 unspecified atom stereocenters. The Kier molecular flexibility index (Phi) is 6.69. The molecule has 33 heavy (non-hydrogen) atoms. The van der Waals surface area contributed by atoms with Gasteiger partial charge in [-0.1, -0.05) is 37.2 Å². The summed E-state index contributed by atoms with van der Waals surface area (Å²) in [6.45, 7) is 3.81. The third kappa shape index (κ3) is 4.59. The maximum atomic E-state index is 13.1. The van der Waals surface area contributed by atoms with Gasteiger partial charge in [0.1, 0.15) is 23.4 Å². The molecule has 4 rings (SSSR count). The van der Waals surface area contributed by atoms with Gasteiger partial charge in [-0.05, 0) is 25.5 Å². The molecule has 0 aromatic heterocycles. The molecule has 2 atom stereocenters. The van der Waals surface area contributed by atoms with E-state index >= 15 is 0 Å². The summed E-state index contributed by atoms with van der Waals surface area (Å²) in [6, 6.07) is 12.4. The molecule has 172 valence electrons. The highest BCUT2D eigenvalue weighted by atomic mass is 32.2. The van der Waals surface area contributed by atoms with Gasteiger partial charge < -0.3 is 14.8 Å². The standard InChI is InChI=1S/C24H26N4O4S/c1-5-8-20-23(30)28-21(26-20)18-9-6-7-10-19(18)27-24(28)33-14(2)22(29)25-15-11-16(31-3)13-17(12-15)32-4/h6-7,9-14,20H,5,8H2,1-4H3,(H,25,29). The highest BCUT2D eigenvalue weighted by Crippen LogP contribution is 2.35. The Balaban J connectivity index is 1.57. The fraction of sp³-hybridized carbons (Fsp3) is 0.333. The third-order valence-electron chi connectivity index (χ3n) is 5.38. The Labute approximate surface area is 197 Å². The first-order valence-corrected chi connectivity index (χ1v) is 11.6. The molecule has 2 aromatic carbocycles. The molecule has 0 fully saturated rings. The van der Waals surface area contributed by atoms with Gasteiger partial charge in [-0.2, -0.15) is 0 Å². The van der Waals surface area contributed by atoms with Crippen molar-refractivity contribution in [2.24, 2.45) is 9.98 Å². The highest BCUT2D eigenvalue weighted by Gasteiger charge is 2.41. The number of nitrogens with one attached hydrogen (secondary N) is 1. The Hall–Kier alpha value is -3.33. The van der Waals surface area contributed by atoms with Gasteiger partial charge in [0.05, 0.1) is 25.2 Å². The number of aliphatic imine (C=N–C) groups is 2. The van der Waals surface area contributed by atoms with Crippen molar-refractivity contribution in [2.75, 3.05) is 19.5 Å². The number of para-hydroxylation sites is 1. The molecule has 2 aromatic rings. The van der Waals surface area contributed by atoms with Crippen molar-refractivity contribution in [3.05, 3.63) is 48.0 Å². The number of carbonyl (C=O) groups is 2. The minimum atomic E-state index is -0.523. The molecule has 9 heteroatoms. The van der Waals surface area contributed by atoms with Gasteiger partial charge in [0.2, 0.25) is 5.91 Å². The molecule has 1 N–H and O–H groups in total. The average Bonchev–Trinajstić information content (AvgIpc) is 3.15. The van der Waals surface area contributed by atoms with Crippen molar-refractivity contribution in [1.82, 2.24) is 4.90 Å². The number of nitrogens with zero attached hydrogens (tertiary/aromatic N) is 3. The molecule has 2 aliphatic heterocycles. The number of hydrogen-bond donors (Lipinski definition) is 1. The van der Waals surface area contributed by atoms with Crippen LogP contribution in [0.25, 0.3) is 0 Å². The molecule has 8 nitrogen and oxygen atoms in total. The van der Waals surface area contributed by atoms with Crippen molar-refractivity contribution in [2.45, 2.75) is 38.0 Å². The van der Waals surface area contributed by atoms with E-state index in [9.17, 15) is 9.59 Å². The number of benzene rings is 2. The number of thioether (sulfide) groups is 1. The summed E-state index contributed by atoms with van der Waals surface area (Å²) >= 11 is 1.23. The first kappa shape index (κ1) is 22.8. The molecule has 2 heterocycles. The third-order valence-corrected chi connectivity index (χ3v) is 6.43. The van der Waals surface area contributed by atoms with Crippen molar-refractivity contribution in [3.8, 4) is 11.5 Å². The second kappa shape index (κ2) is 9.66. The lowest BCUT2D eigenvalue weighted by atomic mass is 10.1. The summed E-state index contributed by atoms with van der Waals surface area (Å²) in [6.07, 6.45) is 1.53. The highest BCUT2D eigenvalue weighted by molar-refractivity contribution is 8.15. The zero-order valence-corrected chi connectivity index (χ0v) is 19.8. The normalized spacial score (nSPS) is 17.5. The molecule has 0 radical (unpaired) electrons. The summed E-state index contributed by atoms with van der Waals surface area (Å²) in [5, 5.41) is 2.83. The zero-order chi connectivity index (χ0) is 23.5. The van der Waals surface area contributed by atoms with Crippen molar-refractivity contribution < 1.29 is 19.1 Å². The van der Waals surface area contributed by atoms with Gasteiger partial charge in [-0.25, -0.2) is 9.89 Å². The molecule has 0 spiro atoms. The lowest BCUT2D eigenvalue weighted by Gasteiger charge is -2.27. The Morgan fingerprint density at radius 2 is 1.88 bits per heavy atom. The number of amides is 2. The number of hydrogen-bond acceptors (Lipinski definition) is 7. The van der Waals surface area contributed by atoms with Gasteiger partial charge in [-0.3, -0.25) is 14.6 Å². The fourth-order valence-corrected chi connectivity index (χ4v) is 4.59. The van der Waals surface area contributed by atoms with Crippen molar-refractivity contribution >= 4 is 46.0 Å². The Bertz CT molecular complexity index is 1120. The van der Waals surface area contributed by atoms with Gasteiger partial charge >= 0.3 is 0 Å². The van der Waals surface area contributed by atoms with Crippen molar-refractivity contribution in [1.29, 1.82) is 0 Å². The fourth-order valence-electron chi connectivity index (χ4n) is 3.68. The number of amidine groups is 2. The van der Waals surface area contributed by atoms with Crippen LogP contribution in [0.1, 0.15) is 32.3 Å². The van der Waals surface area contributed by atoms with E-state index in [0.717, 1.165) is 17.7 Å². The lowest BCUT2D eigenvalue weighted by Crippen LogP contribution is -2.42. The SMILES string of the molecule is CCCC1N=C2c3ccccc3N=C(SC(C)C(=O)Nc3cc(OC)cc(OC)c3)N2C1=O. The van der Waals surface area contributed by atoms with Crippen molar-refractivity contribution in [3.63, 3.8) is 0 Å². The number of rotatable bonds is 7. The molecule has 0 saturated carbocycles. The summed E-state index contributed by atoms with van der Waals surface area (Å²) in [7, 11) is 3.10. The topological polar surface area (TPSA) is 92.6 Å². The van der Waals surface area contributed by atoms with Crippen LogP contribution in [0.5, 0.6) is 11.5 Å². The molecule has 0 saturated heterocycles. The monoisotopic (exact) mass is 466 g/mol. The van der Waals surface area contributed by atoms with E-state index in [-0.39, 0.29) is 11.8 Å². The summed E-state index contributed by atoms with van der Waals surface area (Å²) < 4.78 is 10.5. The van der Waals surface area contributed by atoms with Crippen LogP contribution >= 0.6 is 11.8 Å². The number of carbonyl (C=O) groups excluding carboxylic acids is 2. The summed E-state index contributed by atoms with van der Waals surface area (Å²) in [5.74, 6) is 1.42. The maximum Gasteiger partial charge on any atom is 0.259 e. The predicted octanol–water partition coefficient (Wildman–Crippen LogP) is 4.22.